The predicted octanol–water partition coefficient (Wildman–Crippen LogP) is 12.4. The van der Waals surface area contributed by atoms with E-state index in [4.69, 9.17) is 19.4 Å². The number of nitrogens with one attached hydrogen (secondary N) is 2. The number of aryl methyl sites for hydroxylation is 2. The molecule has 8 bridgehead atoms. The van der Waals surface area contributed by atoms with E-state index in [-0.39, 0.29) is 54.2 Å². The van der Waals surface area contributed by atoms with Gasteiger partial charge in [0.05, 0.1) is 29.6 Å². The van der Waals surface area contributed by atoms with Gasteiger partial charge >= 0.3 is 11.9 Å². The zero-order valence-electron chi connectivity index (χ0n) is 41.5. The van der Waals surface area contributed by atoms with Crippen molar-refractivity contribution in [3.05, 3.63) is 79.8 Å². The van der Waals surface area contributed by atoms with Crippen molar-refractivity contribution in [2.24, 2.45) is 17.8 Å². The van der Waals surface area contributed by atoms with Gasteiger partial charge in [-0.1, -0.05) is 99.0 Å². The number of hydrogen-bond acceptors (Lipinski definition) is 8. The number of carbonyl (C=O) groups is 2. The summed E-state index contributed by atoms with van der Waals surface area (Å²) in [6.07, 6.45) is 14.8. The van der Waals surface area contributed by atoms with Crippen molar-refractivity contribution in [1.29, 1.82) is 0 Å². The summed E-state index contributed by atoms with van der Waals surface area (Å²) in [5, 5.41) is 24.2. The Morgan fingerprint density at radius 3 is 2.05 bits per heavy atom. The van der Waals surface area contributed by atoms with Gasteiger partial charge in [-0.15, -0.1) is 0 Å². The van der Waals surface area contributed by atoms with Crippen LogP contribution >= 0.6 is 0 Å². The molecule has 0 aromatic carbocycles. The number of carbonyl (C=O) groups excluding carboxylic acids is 2. The van der Waals surface area contributed by atoms with Gasteiger partial charge in [-0.3, -0.25) is 19.6 Å². The Hall–Kier alpha value is -4.86. The van der Waals surface area contributed by atoms with Crippen LogP contribution in [0.15, 0.2) is 29.8 Å². The third-order valence-electron chi connectivity index (χ3n) is 14.9. The van der Waals surface area contributed by atoms with Crippen molar-refractivity contribution in [3.8, 4) is 0 Å². The lowest BCUT2D eigenvalue weighted by Gasteiger charge is -2.19. The number of fused-ring (bicyclic) bond motifs is 8. The molecule has 2 aliphatic heterocycles. The van der Waals surface area contributed by atoms with Crippen LogP contribution in [0.3, 0.4) is 0 Å². The quantitative estimate of drug-likeness (QED) is 0.0686. The summed E-state index contributed by atoms with van der Waals surface area (Å²) in [5.41, 5.74) is 9.71. The smallest absolute Gasteiger partial charge is 0.321 e. The summed E-state index contributed by atoms with van der Waals surface area (Å²) >= 11 is 0. The molecule has 3 aromatic rings. The molecule has 0 amide bonds. The molecule has 3 aliphatic rings. The zero-order valence-corrected chi connectivity index (χ0v) is 41.5. The zero-order chi connectivity index (χ0) is 47.3. The molecule has 10 heteroatoms. The van der Waals surface area contributed by atoms with Crippen molar-refractivity contribution >= 4 is 45.5 Å². The number of nitrogens with zero attached hydrogens (tertiary/aromatic N) is 2. The van der Waals surface area contributed by atoms with Crippen LogP contribution in [0.4, 0.5) is 0 Å². The Balaban J connectivity index is 1.25. The second-order valence-electron chi connectivity index (χ2n) is 20.4. The van der Waals surface area contributed by atoms with Crippen LogP contribution in [-0.2, 0) is 19.1 Å². The van der Waals surface area contributed by atoms with E-state index in [2.05, 4.69) is 77.5 Å². The lowest BCUT2D eigenvalue weighted by molar-refractivity contribution is -0.143. The molecule has 3 aromatic heterocycles. The standard InChI is InChI=1S/C55H78N4O6/c1-13-39-34(7)41-29-46-48(38(11)60)36(9)43(57-46)27-42-35(8)40(52(58-42)50-51(55(63)64-12)54(62)49-37(10)44(59-53(49)50)28-45(39)56-41)23-24-47(61)65-26-25-33(6)22-16-21-32(5)20-15-19-31(4)18-14-17-30(2)3/h25,27-32,34-35,39-40,51,57,59-60,62H,13-24,26H2,1-12H3/b33-25+,42-27?,45-28?,46-29?,48-38-/t31-,32-,34-,35+,39-,40+,51-/m1/s1. The average Bonchev–Trinajstić information content (AvgIpc) is 4.00. The Morgan fingerprint density at radius 2 is 1.40 bits per heavy atom. The fourth-order valence-corrected chi connectivity index (χ4v) is 10.8. The van der Waals surface area contributed by atoms with Crippen LogP contribution in [0, 0.1) is 31.6 Å². The monoisotopic (exact) mass is 891 g/mol. The normalized spacial score (nSPS) is 20.9. The molecule has 354 valence electrons. The summed E-state index contributed by atoms with van der Waals surface area (Å²) in [6.45, 7) is 23.8. The van der Waals surface area contributed by atoms with Gasteiger partial charge in [0.15, 0.2) is 0 Å². The molecule has 0 saturated heterocycles. The highest BCUT2D eigenvalue weighted by molar-refractivity contribution is 5.96. The predicted molar refractivity (Wildman–Crippen MR) is 264 cm³/mol. The Labute approximate surface area is 387 Å². The molecular weight excluding hydrogens is 813 g/mol. The van der Waals surface area contributed by atoms with Crippen molar-refractivity contribution < 1.29 is 29.3 Å². The van der Waals surface area contributed by atoms with Crippen molar-refractivity contribution in [2.45, 2.75) is 183 Å². The van der Waals surface area contributed by atoms with E-state index in [1.165, 1.54) is 57.6 Å². The number of aromatic nitrogens is 4. The first-order valence-electron chi connectivity index (χ1n) is 24.7. The van der Waals surface area contributed by atoms with Gasteiger partial charge in [0.2, 0.25) is 0 Å². The van der Waals surface area contributed by atoms with E-state index in [1.807, 2.05) is 26.0 Å². The molecule has 0 unspecified atom stereocenters. The van der Waals surface area contributed by atoms with Gasteiger partial charge in [-0.25, -0.2) is 0 Å². The molecule has 10 nitrogen and oxygen atoms in total. The van der Waals surface area contributed by atoms with Gasteiger partial charge < -0.3 is 29.7 Å². The van der Waals surface area contributed by atoms with Crippen LogP contribution in [0.25, 0.3) is 33.6 Å². The first kappa shape index (κ1) is 49.6. The van der Waals surface area contributed by atoms with E-state index in [9.17, 15) is 19.8 Å². The first-order chi connectivity index (χ1) is 30.9. The maximum Gasteiger partial charge on any atom is 0.321 e. The maximum atomic E-state index is 13.7. The van der Waals surface area contributed by atoms with E-state index >= 15 is 0 Å². The van der Waals surface area contributed by atoms with Crippen molar-refractivity contribution in [2.75, 3.05) is 13.7 Å². The first-order valence-corrected chi connectivity index (χ1v) is 24.7. The average molecular weight is 891 g/mol. The van der Waals surface area contributed by atoms with E-state index in [0.717, 1.165) is 81.1 Å². The molecule has 7 atom stereocenters. The molecule has 0 saturated carbocycles. The summed E-state index contributed by atoms with van der Waals surface area (Å²) in [7, 11) is 1.33. The number of ether oxygens (including phenoxy) is 2. The van der Waals surface area contributed by atoms with E-state index in [1.54, 1.807) is 6.92 Å². The third kappa shape index (κ3) is 11.1. The number of H-pyrrole nitrogens is 2. The molecule has 1 aliphatic carbocycles. The van der Waals surface area contributed by atoms with Crippen molar-refractivity contribution in [3.63, 3.8) is 0 Å². The number of aliphatic hydroxyl groups is 2. The highest BCUT2D eigenvalue weighted by Gasteiger charge is 2.42. The number of hydrogen-bond donors (Lipinski definition) is 4. The van der Waals surface area contributed by atoms with Crippen LogP contribution in [-0.4, -0.2) is 55.8 Å². The lowest BCUT2D eigenvalue weighted by Crippen LogP contribution is -2.18. The molecule has 0 fully saturated rings. The van der Waals surface area contributed by atoms with Crippen LogP contribution in [0.5, 0.6) is 0 Å². The fraction of sp³-hybridized carbons (Fsp3) is 0.600. The molecule has 0 spiro atoms. The van der Waals surface area contributed by atoms with E-state index < -0.39 is 11.9 Å². The van der Waals surface area contributed by atoms with E-state index in [0.29, 0.717) is 34.3 Å². The number of aliphatic hydroxyl groups excluding tert-OH is 2. The second-order valence-corrected chi connectivity index (χ2v) is 20.4. The van der Waals surface area contributed by atoms with Gasteiger partial charge in [0.25, 0.3) is 0 Å². The minimum absolute atomic E-state index is 0.0748. The minimum atomic E-state index is -1.09. The largest absolute Gasteiger partial charge is 0.512 e. The highest BCUT2D eigenvalue weighted by atomic mass is 16.5. The fourth-order valence-electron chi connectivity index (χ4n) is 10.8. The third-order valence-corrected chi connectivity index (χ3v) is 14.9. The highest BCUT2D eigenvalue weighted by Crippen LogP contribution is 2.46. The number of esters is 2. The lowest BCUT2D eigenvalue weighted by atomic mass is 9.84. The molecule has 4 N–H and O–H groups in total. The van der Waals surface area contributed by atoms with Gasteiger partial charge in [-0.05, 0) is 107 Å². The summed E-state index contributed by atoms with van der Waals surface area (Å²) < 4.78 is 11.1. The molecule has 0 radical (unpaired) electrons. The second kappa shape index (κ2) is 21.6. The summed E-state index contributed by atoms with van der Waals surface area (Å²) in [4.78, 5) is 44.8. The van der Waals surface area contributed by atoms with Crippen molar-refractivity contribution in [1.82, 2.24) is 19.9 Å². The molecule has 5 heterocycles. The van der Waals surface area contributed by atoms with Gasteiger partial charge in [-0.2, -0.15) is 0 Å². The van der Waals surface area contributed by atoms with Gasteiger partial charge in [0, 0.05) is 74.2 Å². The maximum absolute atomic E-state index is 13.7. The topological polar surface area (TPSA) is 150 Å². The van der Waals surface area contributed by atoms with Crippen LogP contribution in [0.2, 0.25) is 0 Å². The van der Waals surface area contributed by atoms with Crippen LogP contribution in [0.1, 0.15) is 208 Å². The number of allylic oxidation sites excluding steroid dienone is 1. The molecule has 6 rings (SSSR count). The Morgan fingerprint density at radius 1 is 0.800 bits per heavy atom. The van der Waals surface area contributed by atoms with Gasteiger partial charge in [0.1, 0.15) is 18.3 Å². The molecule has 65 heavy (non-hydrogen) atoms. The number of aromatic amines is 2. The van der Waals surface area contributed by atoms with Crippen LogP contribution < -0.4 is 10.4 Å². The Kier molecular flexibility index (Phi) is 16.5. The number of rotatable bonds is 19. The molecular formula is C55H78N4O6. The summed E-state index contributed by atoms with van der Waals surface area (Å²) in [6, 6.07) is 6.12. The SMILES string of the molecule is CC[C@H]1c2cc3[nH]c4c(c5nc(cc6[nH]c(cc(n2)[C@@H]1C)/c(=C(/C)O)c6C)[C@@H](C)[C@@H]5CCC(=O)OC/C=C(\C)CCC[C@H](C)CCC[C@H](C)CCCC(C)C)[C@@H](C(=O)OC)C(O)=c4c3C. The summed E-state index contributed by atoms with van der Waals surface area (Å²) in [5.74, 6) is 0.302. The minimum Gasteiger partial charge on any atom is -0.512 e. The number of methoxy groups -OCH3 is 1. The Bertz CT molecular complexity index is 2540.